The number of nitrogens with two attached hydrogens (primary N) is 1. The topological polar surface area (TPSA) is 70.1 Å². The van der Waals surface area contributed by atoms with Crippen LogP contribution in [-0.4, -0.2) is 15.7 Å². The molecule has 0 amide bonds. The zero-order valence-electron chi connectivity index (χ0n) is 11.8. The van der Waals surface area contributed by atoms with Gasteiger partial charge in [0.2, 0.25) is 5.88 Å². The SMILES string of the molecule is NC(C(=O)Oc1ccn(-c2ccccc2)n1)c1ccccc1. The molecule has 3 aromatic rings. The highest BCUT2D eigenvalue weighted by atomic mass is 16.5. The van der Waals surface area contributed by atoms with Gasteiger partial charge in [-0.2, -0.15) is 0 Å². The molecule has 0 aliphatic carbocycles. The van der Waals surface area contributed by atoms with E-state index in [0.29, 0.717) is 5.56 Å². The van der Waals surface area contributed by atoms with Crippen LogP contribution in [0.4, 0.5) is 0 Å². The van der Waals surface area contributed by atoms with E-state index in [0.717, 1.165) is 5.69 Å². The largest absolute Gasteiger partial charge is 0.404 e. The lowest BCUT2D eigenvalue weighted by atomic mass is 10.1. The van der Waals surface area contributed by atoms with Crippen LogP contribution in [0.1, 0.15) is 11.6 Å². The second-order valence-corrected chi connectivity index (χ2v) is 4.74. The Labute approximate surface area is 127 Å². The quantitative estimate of drug-likeness (QED) is 0.750. The molecule has 0 spiro atoms. The van der Waals surface area contributed by atoms with Gasteiger partial charge >= 0.3 is 5.97 Å². The maximum absolute atomic E-state index is 12.1. The van der Waals surface area contributed by atoms with Gasteiger partial charge in [0, 0.05) is 12.3 Å². The van der Waals surface area contributed by atoms with Gasteiger partial charge in [0.1, 0.15) is 6.04 Å². The minimum Gasteiger partial charge on any atom is -0.404 e. The van der Waals surface area contributed by atoms with E-state index >= 15 is 0 Å². The molecule has 1 unspecified atom stereocenters. The Balaban J connectivity index is 1.71. The minimum absolute atomic E-state index is 0.222. The first kappa shape index (κ1) is 14.0. The predicted molar refractivity (Wildman–Crippen MR) is 82.6 cm³/mol. The molecule has 5 nitrogen and oxygen atoms in total. The highest BCUT2D eigenvalue weighted by molar-refractivity contribution is 5.79. The van der Waals surface area contributed by atoms with Crippen molar-refractivity contribution in [3.63, 3.8) is 0 Å². The lowest BCUT2D eigenvalue weighted by molar-refractivity contribution is -0.136. The van der Waals surface area contributed by atoms with E-state index in [1.54, 1.807) is 29.1 Å². The van der Waals surface area contributed by atoms with E-state index in [1.165, 1.54) is 0 Å². The second-order valence-electron chi connectivity index (χ2n) is 4.74. The summed E-state index contributed by atoms with van der Waals surface area (Å²) < 4.78 is 6.87. The number of aromatic nitrogens is 2. The third kappa shape index (κ3) is 3.05. The molecule has 0 aliphatic heterocycles. The molecule has 5 heteroatoms. The third-order valence-corrected chi connectivity index (χ3v) is 3.20. The van der Waals surface area contributed by atoms with Gasteiger partial charge < -0.3 is 10.5 Å². The number of para-hydroxylation sites is 1. The van der Waals surface area contributed by atoms with Crippen LogP contribution >= 0.6 is 0 Å². The van der Waals surface area contributed by atoms with Crippen molar-refractivity contribution in [3.05, 3.63) is 78.5 Å². The minimum atomic E-state index is -0.830. The van der Waals surface area contributed by atoms with Gasteiger partial charge in [-0.25, -0.2) is 9.48 Å². The molecule has 0 saturated heterocycles. The lowest BCUT2D eigenvalue weighted by Crippen LogP contribution is -2.26. The van der Waals surface area contributed by atoms with Crippen LogP contribution in [0, 0.1) is 0 Å². The fourth-order valence-electron chi connectivity index (χ4n) is 2.05. The van der Waals surface area contributed by atoms with Crippen LogP contribution in [0.15, 0.2) is 72.9 Å². The Morgan fingerprint density at radius 1 is 1.00 bits per heavy atom. The third-order valence-electron chi connectivity index (χ3n) is 3.20. The van der Waals surface area contributed by atoms with Crippen molar-refractivity contribution in [2.75, 3.05) is 0 Å². The van der Waals surface area contributed by atoms with Crippen LogP contribution in [0.5, 0.6) is 5.88 Å². The molecule has 0 saturated carbocycles. The van der Waals surface area contributed by atoms with Crippen LogP contribution in [0.3, 0.4) is 0 Å². The fourth-order valence-corrected chi connectivity index (χ4v) is 2.05. The molecule has 2 aromatic carbocycles. The highest BCUT2D eigenvalue weighted by Gasteiger charge is 2.18. The first-order valence-corrected chi connectivity index (χ1v) is 6.87. The number of esters is 1. The molecule has 2 N–H and O–H groups in total. The van der Waals surface area contributed by atoms with Gasteiger partial charge in [0.15, 0.2) is 0 Å². The predicted octanol–water partition coefficient (Wildman–Crippen LogP) is 2.48. The summed E-state index contributed by atoms with van der Waals surface area (Å²) in [5, 5.41) is 4.21. The smallest absolute Gasteiger partial charge is 0.334 e. The molecule has 0 fully saturated rings. The van der Waals surface area contributed by atoms with Gasteiger partial charge in [-0.3, -0.25) is 0 Å². The monoisotopic (exact) mass is 293 g/mol. The summed E-state index contributed by atoms with van der Waals surface area (Å²) in [5.74, 6) is -0.315. The van der Waals surface area contributed by atoms with Crippen molar-refractivity contribution in [3.8, 4) is 11.6 Å². The number of ether oxygens (including phenoxy) is 1. The summed E-state index contributed by atoms with van der Waals surface area (Å²) in [6.07, 6.45) is 1.73. The Morgan fingerprint density at radius 2 is 1.64 bits per heavy atom. The molecule has 22 heavy (non-hydrogen) atoms. The molecule has 0 bridgehead atoms. The van der Waals surface area contributed by atoms with Crippen molar-refractivity contribution in [2.24, 2.45) is 5.73 Å². The molecule has 110 valence electrons. The molecule has 3 rings (SSSR count). The van der Waals surface area contributed by atoms with Crippen LogP contribution in [0.2, 0.25) is 0 Å². The Morgan fingerprint density at radius 3 is 2.32 bits per heavy atom. The fraction of sp³-hybridized carbons (Fsp3) is 0.0588. The van der Waals surface area contributed by atoms with E-state index in [1.807, 2.05) is 48.5 Å². The average Bonchev–Trinajstić information content (AvgIpc) is 3.04. The number of carbonyl (C=O) groups excluding carboxylic acids is 1. The summed E-state index contributed by atoms with van der Waals surface area (Å²) in [7, 11) is 0. The van der Waals surface area contributed by atoms with E-state index in [4.69, 9.17) is 10.5 Å². The summed E-state index contributed by atoms with van der Waals surface area (Å²) in [4.78, 5) is 12.1. The lowest BCUT2D eigenvalue weighted by Gasteiger charge is -2.09. The van der Waals surface area contributed by atoms with E-state index in [2.05, 4.69) is 5.10 Å². The van der Waals surface area contributed by atoms with Crippen molar-refractivity contribution >= 4 is 5.97 Å². The maximum Gasteiger partial charge on any atom is 0.334 e. The van der Waals surface area contributed by atoms with Gasteiger partial charge in [-0.1, -0.05) is 48.5 Å². The Hall–Kier alpha value is -2.92. The first-order valence-electron chi connectivity index (χ1n) is 6.87. The molecular weight excluding hydrogens is 278 g/mol. The van der Waals surface area contributed by atoms with Crippen molar-refractivity contribution < 1.29 is 9.53 Å². The van der Waals surface area contributed by atoms with E-state index < -0.39 is 12.0 Å². The summed E-state index contributed by atoms with van der Waals surface area (Å²) in [5.41, 5.74) is 7.49. The maximum atomic E-state index is 12.1. The summed E-state index contributed by atoms with van der Waals surface area (Å²) in [6, 6.07) is 19.5. The van der Waals surface area contributed by atoms with Gasteiger partial charge in [0.05, 0.1) is 5.69 Å². The second kappa shape index (κ2) is 6.24. The van der Waals surface area contributed by atoms with Gasteiger partial charge in [-0.05, 0) is 17.7 Å². The summed E-state index contributed by atoms with van der Waals surface area (Å²) in [6.45, 7) is 0. The molecule has 0 radical (unpaired) electrons. The van der Waals surface area contributed by atoms with Crippen molar-refractivity contribution in [1.82, 2.24) is 9.78 Å². The molecule has 1 heterocycles. The van der Waals surface area contributed by atoms with Crippen molar-refractivity contribution in [1.29, 1.82) is 0 Å². The number of hydrogen-bond donors (Lipinski definition) is 1. The van der Waals surface area contributed by atoms with Gasteiger partial charge in [-0.15, -0.1) is 5.10 Å². The number of hydrogen-bond acceptors (Lipinski definition) is 4. The standard InChI is InChI=1S/C17H15N3O2/c18-16(13-7-3-1-4-8-13)17(21)22-15-11-12-20(19-15)14-9-5-2-6-10-14/h1-12,16H,18H2. The highest BCUT2D eigenvalue weighted by Crippen LogP contribution is 2.15. The van der Waals surface area contributed by atoms with Crippen LogP contribution < -0.4 is 10.5 Å². The Bertz CT molecular complexity index is 754. The van der Waals surface area contributed by atoms with E-state index in [9.17, 15) is 4.79 Å². The molecular formula is C17H15N3O2. The molecule has 0 aliphatic rings. The normalized spacial score (nSPS) is 11.9. The van der Waals surface area contributed by atoms with E-state index in [-0.39, 0.29) is 5.88 Å². The Kier molecular flexibility index (Phi) is 3.98. The first-order chi connectivity index (χ1) is 10.7. The molecule has 1 atom stereocenters. The number of rotatable bonds is 4. The number of benzene rings is 2. The van der Waals surface area contributed by atoms with Gasteiger partial charge in [0.25, 0.3) is 0 Å². The zero-order chi connectivity index (χ0) is 15.4. The number of nitrogens with zero attached hydrogens (tertiary/aromatic N) is 2. The number of carbonyl (C=O) groups is 1. The van der Waals surface area contributed by atoms with Crippen LogP contribution in [0.25, 0.3) is 5.69 Å². The molecule has 1 aromatic heterocycles. The zero-order valence-corrected chi connectivity index (χ0v) is 11.8. The van der Waals surface area contributed by atoms with Crippen molar-refractivity contribution in [2.45, 2.75) is 6.04 Å². The average molecular weight is 293 g/mol. The van der Waals surface area contributed by atoms with Crippen LogP contribution in [-0.2, 0) is 4.79 Å². The summed E-state index contributed by atoms with van der Waals surface area (Å²) >= 11 is 0.